The standard InChI is InChI=1S/C18H13BrCl2N2OS/c1-10-16(8-11-5-6-14(20)15(21)7-11)25-18(22-10)23-17(24)12-3-2-4-13(19)9-12/h2-7,9H,8H2,1H3,(H,22,23,24). The van der Waals surface area contributed by atoms with Crippen molar-refractivity contribution in [3.05, 3.63) is 78.7 Å². The number of carbonyl (C=O) groups is 1. The summed E-state index contributed by atoms with van der Waals surface area (Å²) >= 11 is 16.8. The third kappa shape index (κ3) is 4.61. The van der Waals surface area contributed by atoms with Gasteiger partial charge < -0.3 is 0 Å². The van der Waals surface area contributed by atoms with Gasteiger partial charge in [-0.25, -0.2) is 4.98 Å². The van der Waals surface area contributed by atoms with Gasteiger partial charge in [0.1, 0.15) is 0 Å². The molecular weight excluding hydrogens is 443 g/mol. The first-order valence-corrected chi connectivity index (χ1v) is 9.76. The van der Waals surface area contributed by atoms with E-state index >= 15 is 0 Å². The molecule has 0 fully saturated rings. The predicted octanol–water partition coefficient (Wildman–Crippen LogP) is 6.36. The molecule has 3 nitrogen and oxygen atoms in total. The monoisotopic (exact) mass is 454 g/mol. The zero-order valence-corrected chi connectivity index (χ0v) is 17.1. The average molecular weight is 456 g/mol. The van der Waals surface area contributed by atoms with Crippen LogP contribution in [0.15, 0.2) is 46.9 Å². The predicted molar refractivity (Wildman–Crippen MR) is 108 cm³/mol. The third-order valence-electron chi connectivity index (χ3n) is 3.55. The van der Waals surface area contributed by atoms with E-state index in [0.29, 0.717) is 27.2 Å². The van der Waals surface area contributed by atoms with Crippen LogP contribution in [0.5, 0.6) is 0 Å². The second-order valence-corrected chi connectivity index (χ2v) is 8.23. The summed E-state index contributed by atoms with van der Waals surface area (Å²) in [5.41, 5.74) is 2.51. The van der Waals surface area contributed by atoms with Crippen LogP contribution >= 0.6 is 50.5 Å². The normalized spacial score (nSPS) is 10.7. The van der Waals surface area contributed by atoms with Gasteiger partial charge >= 0.3 is 0 Å². The summed E-state index contributed by atoms with van der Waals surface area (Å²) in [5, 5.41) is 4.50. The maximum absolute atomic E-state index is 12.3. The Kier molecular flexibility index (Phi) is 5.79. The molecule has 128 valence electrons. The lowest BCUT2D eigenvalue weighted by Crippen LogP contribution is -2.11. The van der Waals surface area contributed by atoms with Gasteiger partial charge in [0.2, 0.25) is 0 Å². The Hall–Kier alpha value is -1.40. The topological polar surface area (TPSA) is 42.0 Å². The van der Waals surface area contributed by atoms with Crippen LogP contribution < -0.4 is 5.32 Å². The molecule has 0 aliphatic heterocycles. The van der Waals surface area contributed by atoms with Crippen molar-refractivity contribution in [3.63, 3.8) is 0 Å². The van der Waals surface area contributed by atoms with E-state index in [1.54, 1.807) is 18.2 Å². The Morgan fingerprint density at radius 2 is 2.00 bits per heavy atom. The summed E-state index contributed by atoms with van der Waals surface area (Å²) in [7, 11) is 0. The lowest BCUT2D eigenvalue weighted by molar-refractivity contribution is 0.102. The van der Waals surface area contributed by atoms with Crippen LogP contribution in [-0.2, 0) is 6.42 Å². The molecule has 0 saturated carbocycles. The largest absolute Gasteiger partial charge is 0.298 e. The van der Waals surface area contributed by atoms with E-state index in [-0.39, 0.29) is 5.91 Å². The first-order valence-electron chi connectivity index (χ1n) is 7.39. The average Bonchev–Trinajstić information content (AvgIpc) is 2.90. The fraction of sp³-hybridized carbons (Fsp3) is 0.111. The quantitative estimate of drug-likeness (QED) is 0.496. The van der Waals surface area contributed by atoms with Crippen molar-refractivity contribution in [1.82, 2.24) is 4.98 Å². The molecule has 1 N–H and O–H groups in total. The summed E-state index contributed by atoms with van der Waals surface area (Å²) in [6.07, 6.45) is 0.688. The summed E-state index contributed by atoms with van der Waals surface area (Å²) < 4.78 is 0.857. The molecule has 7 heteroatoms. The van der Waals surface area contributed by atoms with Crippen molar-refractivity contribution in [2.45, 2.75) is 13.3 Å². The number of anilines is 1. The molecule has 1 aromatic heterocycles. The molecule has 1 heterocycles. The van der Waals surface area contributed by atoms with E-state index < -0.39 is 0 Å². The SMILES string of the molecule is Cc1nc(NC(=O)c2cccc(Br)c2)sc1Cc1ccc(Cl)c(Cl)c1. The number of amides is 1. The van der Waals surface area contributed by atoms with Crippen molar-refractivity contribution < 1.29 is 4.79 Å². The van der Waals surface area contributed by atoms with Crippen LogP contribution in [0, 0.1) is 6.92 Å². The van der Waals surface area contributed by atoms with E-state index in [1.165, 1.54) is 11.3 Å². The molecule has 3 rings (SSSR count). The number of nitrogens with one attached hydrogen (secondary N) is 1. The third-order valence-corrected chi connectivity index (χ3v) is 5.85. The van der Waals surface area contributed by atoms with Gasteiger partial charge in [0.25, 0.3) is 5.91 Å². The number of aryl methyl sites for hydroxylation is 1. The van der Waals surface area contributed by atoms with Crippen LogP contribution in [0.3, 0.4) is 0 Å². The summed E-state index contributed by atoms with van der Waals surface area (Å²) in [4.78, 5) is 17.9. The van der Waals surface area contributed by atoms with Crippen molar-refractivity contribution in [2.24, 2.45) is 0 Å². The number of halogens is 3. The van der Waals surface area contributed by atoms with Gasteiger partial charge in [-0.2, -0.15) is 0 Å². The summed E-state index contributed by atoms with van der Waals surface area (Å²) in [6.45, 7) is 1.93. The zero-order chi connectivity index (χ0) is 18.0. The van der Waals surface area contributed by atoms with Crippen LogP contribution in [0.25, 0.3) is 0 Å². The first kappa shape index (κ1) is 18.4. The van der Waals surface area contributed by atoms with E-state index in [0.717, 1.165) is 20.6 Å². The molecule has 0 atom stereocenters. The van der Waals surface area contributed by atoms with Crippen molar-refractivity contribution >= 4 is 61.5 Å². The molecule has 0 bridgehead atoms. The molecule has 25 heavy (non-hydrogen) atoms. The van der Waals surface area contributed by atoms with Gasteiger partial charge in [-0.15, -0.1) is 11.3 Å². The van der Waals surface area contributed by atoms with Crippen molar-refractivity contribution in [2.75, 3.05) is 5.32 Å². The molecule has 1 amide bonds. The molecule has 0 spiro atoms. The number of hydrogen-bond acceptors (Lipinski definition) is 3. The molecular formula is C18H13BrCl2N2OS. The smallest absolute Gasteiger partial charge is 0.257 e. The minimum Gasteiger partial charge on any atom is -0.298 e. The molecule has 0 radical (unpaired) electrons. The van der Waals surface area contributed by atoms with E-state index in [2.05, 4.69) is 26.2 Å². The van der Waals surface area contributed by atoms with Crippen LogP contribution in [0.4, 0.5) is 5.13 Å². The highest BCUT2D eigenvalue weighted by molar-refractivity contribution is 9.10. The fourth-order valence-electron chi connectivity index (χ4n) is 2.28. The zero-order valence-electron chi connectivity index (χ0n) is 13.1. The van der Waals surface area contributed by atoms with Crippen LogP contribution in [0.2, 0.25) is 10.0 Å². The maximum atomic E-state index is 12.3. The number of nitrogens with zero attached hydrogens (tertiary/aromatic N) is 1. The van der Waals surface area contributed by atoms with Gasteiger partial charge in [0, 0.05) is 21.3 Å². The molecule has 2 aromatic carbocycles. The number of rotatable bonds is 4. The van der Waals surface area contributed by atoms with Crippen molar-refractivity contribution in [3.8, 4) is 0 Å². The molecule has 3 aromatic rings. The van der Waals surface area contributed by atoms with Gasteiger partial charge in [-0.1, -0.05) is 51.3 Å². The van der Waals surface area contributed by atoms with Crippen molar-refractivity contribution in [1.29, 1.82) is 0 Å². The van der Waals surface area contributed by atoms with Gasteiger partial charge in [-0.05, 0) is 42.8 Å². The Labute approximate surface area is 168 Å². The van der Waals surface area contributed by atoms with E-state index in [1.807, 2.05) is 31.2 Å². The molecule has 0 aliphatic carbocycles. The lowest BCUT2D eigenvalue weighted by atomic mass is 10.1. The van der Waals surface area contributed by atoms with Gasteiger partial charge in [0.15, 0.2) is 5.13 Å². The second kappa shape index (κ2) is 7.87. The molecule has 0 aliphatic rings. The lowest BCUT2D eigenvalue weighted by Gasteiger charge is -2.02. The fourth-order valence-corrected chi connectivity index (χ4v) is 3.99. The second-order valence-electron chi connectivity index (χ2n) is 5.42. The maximum Gasteiger partial charge on any atom is 0.257 e. The summed E-state index contributed by atoms with van der Waals surface area (Å²) in [6, 6.07) is 12.8. The Balaban J connectivity index is 1.75. The highest BCUT2D eigenvalue weighted by Crippen LogP contribution is 2.28. The van der Waals surface area contributed by atoms with E-state index in [4.69, 9.17) is 23.2 Å². The molecule has 0 saturated heterocycles. The summed E-state index contributed by atoms with van der Waals surface area (Å²) in [5.74, 6) is -0.184. The van der Waals surface area contributed by atoms with Crippen LogP contribution in [-0.4, -0.2) is 10.9 Å². The van der Waals surface area contributed by atoms with Gasteiger partial charge in [0.05, 0.1) is 15.7 Å². The number of benzene rings is 2. The highest BCUT2D eigenvalue weighted by Gasteiger charge is 2.13. The first-order chi connectivity index (χ1) is 11.9. The van der Waals surface area contributed by atoms with Gasteiger partial charge in [-0.3, -0.25) is 10.1 Å². The highest BCUT2D eigenvalue weighted by atomic mass is 79.9. The Bertz CT molecular complexity index is 943. The number of thiazole rings is 1. The number of hydrogen-bond donors (Lipinski definition) is 1. The number of aromatic nitrogens is 1. The number of carbonyl (C=O) groups excluding carboxylic acids is 1. The molecule has 0 unspecified atom stereocenters. The Morgan fingerprint density at radius 3 is 2.72 bits per heavy atom. The minimum atomic E-state index is -0.184. The Morgan fingerprint density at radius 1 is 1.20 bits per heavy atom. The minimum absolute atomic E-state index is 0.184. The van der Waals surface area contributed by atoms with Crippen LogP contribution in [0.1, 0.15) is 26.5 Å². The van der Waals surface area contributed by atoms with E-state index in [9.17, 15) is 4.79 Å².